The number of nitrogens with zero attached hydrogens (tertiary/aromatic N) is 3. The van der Waals surface area contributed by atoms with Crippen molar-refractivity contribution in [1.82, 2.24) is 14.9 Å². The predicted molar refractivity (Wildman–Crippen MR) is 131 cm³/mol. The van der Waals surface area contributed by atoms with Crippen molar-refractivity contribution in [2.75, 3.05) is 18.5 Å². The van der Waals surface area contributed by atoms with E-state index < -0.39 is 0 Å². The van der Waals surface area contributed by atoms with E-state index >= 15 is 0 Å². The Bertz CT molecular complexity index is 1260. The average molecular weight is 441 g/mol. The van der Waals surface area contributed by atoms with Gasteiger partial charge in [0.1, 0.15) is 12.4 Å². The van der Waals surface area contributed by atoms with Gasteiger partial charge in [-0.05, 0) is 49.7 Å². The molecule has 4 aromatic rings. The largest absolute Gasteiger partial charge is 0.352 e. The standard InChI is InChI=1S/C27H28N4O2/c1-20-10-8-11-21(18-20)27(33)28-17-9-16-25-29-23-14-6-7-15-24(23)31(25)19-26(32)30(2)22-12-4-3-5-13-22/h3-8,10-15,18H,9,16-17,19H2,1-2H3,(H,28,33). The Morgan fingerprint density at radius 2 is 1.73 bits per heavy atom. The first-order valence-corrected chi connectivity index (χ1v) is 11.1. The summed E-state index contributed by atoms with van der Waals surface area (Å²) in [6.07, 6.45) is 1.38. The number of carbonyl (C=O) groups is 2. The van der Waals surface area contributed by atoms with Gasteiger partial charge in [0.15, 0.2) is 0 Å². The topological polar surface area (TPSA) is 67.2 Å². The lowest BCUT2D eigenvalue weighted by molar-refractivity contribution is -0.118. The van der Waals surface area contributed by atoms with Crippen LogP contribution in [-0.4, -0.2) is 35.0 Å². The van der Waals surface area contributed by atoms with Crippen LogP contribution in [0.25, 0.3) is 11.0 Å². The predicted octanol–water partition coefficient (Wildman–Crippen LogP) is 4.37. The van der Waals surface area contributed by atoms with Gasteiger partial charge < -0.3 is 14.8 Å². The summed E-state index contributed by atoms with van der Waals surface area (Å²) in [5.41, 5.74) is 4.38. The molecule has 4 rings (SSSR count). The minimum absolute atomic E-state index is 0.0154. The van der Waals surface area contributed by atoms with E-state index in [9.17, 15) is 9.59 Å². The van der Waals surface area contributed by atoms with E-state index in [4.69, 9.17) is 4.98 Å². The van der Waals surface area contributed by atoms with Gasteiger partial charge in [-0.15, -0.1) is 0 Å². The van der Waals surface area contributed by atoms with Gasteiger partial charge in [0.25, 0.3) is 5.91 Å². The van der Waals surface area contributed by atoms with Crippen LogP contribution in [0.2, 0.25) is 0 Å². The van der Waals surface area contributed by atoms with E-state index in [1.165, 1.54) is 0 Å². The fourth-order valence-electron chi connectivity index (χ4n) is 3.87. The summed E-state index contributed by atoms with van der Waals surface area (Å²) in [7, 11) is 1.79. The van der Waals surface area contributed by atoms with Crippen LogP contribution in [0.15, 0.2) is 78.9 Å². The van der Waals surface area contributed by atoms with Crippen LogP contribution in [-0.2, 0) is 17.8 Å². The third-order valence-electron chi connectivity index (χ3n) is 5.69. The van der Waals surface area contributed by atoms with Crippen LogP contribution < -0.4 is 10.2 Å². The Kier molecular flexibility index (Phi) is 6.83. The summed E-state index contributed by atoms with van der Waals surface area (Å²) < 4.78 is 1.99. The van der Waals surface area contributed by atoms with E-state index in [0.29, 0.717) is 18.5 Å². The number of aromatic nitrogens is 2. The van der Waals surface area contributed by atoms with Crippen molar-refractivity contribution in [3.05, 3.63) is 95.8 Å². The number of anilines is 1. The number of carbonyl (C=O) groups excluding carboxylic acids is 2. The van der Waals surface area contributed by atoms with Gasteiger partial charge in [-0.25, -0.2) is 4.98 Å². The van der Waals surface area contributed by atoms with E-state index in [1.54, 1.807) is 11.9 Å². The molecule has 0 atom stereocenters. The lowest BCUT2D eigenvalue weighted by Gasteiger charge is -2.18. The van der Waals surface area contributed by atoms with Gasteiger partial charge in [-0.2, -0.15) is 0 Å². The summed E-state index contributed by atoms with van der Waals surface area (Å²) in [6.45, 7) is 2.71. The van der Waals surface area contributed by atoms with Gasteiger partial charge in [0, 0.05) is 31.3 Å². The molecule has 168 valence electrons. The number of hydrogen-bond acceptors (Lipinski definition) is 3. The highest BCUT2D eigenvalue weighted by atomic mass is 16.2. The molecule has 1 aromatic heterocycles. The summed E-state index contributed by atoms with van der Waals surface area (Å²) in [5, 5.41) is 2.98. The maximum Gasteiger partial charge on any atom is 0.251 e. The molecule has 0 radical (unpaired) electrons. The number of rotatable bonds is 8. The molecular formula is C27H28N4O2. The summed E-state index contributed by atoms with van der Waals surface area (Å²) in [5.74, 6) is 0.751. The zero-order valence-electron chi connectivity index (χ0n) is 19.0. The van der Waals surface area contributed by atoms with Crippen molar-refractivity contribution < 1.29 is 9.59 Å². The van der Waals surface area contributed by atoms with Gasteiger partial charge in [-0.1, -0.05) is 48.0 Å². The lowest BCUT2D eigenvalue weighted by Crippen LogP contribution is -2.30. The van der Waals surface area contributed by atoms with Crippen LogP contribution >= 0.6 is 0 Å². The molecule has 0 bridgehead atoms. The van der Waals surface area contributed by atoms with Crippen LogP contribution in [0.1, 0.15) is 28.2 Å². The number of benzene rings is 3. The number of imidazole rings is 1. The summed E-state index contributed by atoms with van der Waals surface area (Å²) in [6, 6.07) is 25.0. The van der Waals surface area contributed by atoms with Crippen molar-refractivity contribution in [2.45, 2.75) is 26.3 Å². The molecule has 6 heteroatoms. The summed E-state index contributed by atoms with van der Waals surface area (Å²) in [4.78, 5) is 31.9. The van der Waals surface area contributed by atoms with E-state index in [-0.39, 0.29) is 18.4 Å². The molecule has 0 saturated carbocycles. The number of likely N-dealkylation sites (N-methyl/N-ethyl adjacent to an activating group) is 1. The molecule has 33 heavy (non-hydrogen) atoms. The minimum Gasteiger partial charge on any atom is -0.352 e. The molecule has 1 heterocycles. The zero-order chi connectivity index (χ0) is 23.2. The van der Waals surface area contributed by atoms with Gasteiger partial charge in [0.05, 0.1) is 11.0 Å². The normalized spacial score (nSPS) is 10.8. The number of hydrogen-bond donors (Lipinski definition) is 1. The smallest absolute Gasteiger partial charge is 0.251 e. The average Bonchev–Trinajstić information content (AvgIpc) is 3.18. The second-order valence-corrected chi connectivity index (χ2v) is 8.12. The third-order valence-corrected chi connectivity index (χ3v) is 5.69. The van der Waals surface area contributed by atoms with Crippen LogP contribution in [0, 0.1) is 6.92 Å². The molecule has 1 N–H and O–H groups in total. The minimum atomic E-state index is -0.0770. The number of nitrogens with one attached hydrogen (secondary N) is 1. The molecule has 0 aliphatic carbocycles. The second kappa shape index (κ2) is 10.1. The maximum absolute atomic E-state index is 13.0. The Morgan fingerprint density at radius 1 is 0.970 bits per heavy atom. The van der Waals surface area contributed by atoms with Crippen molar-refractivity contribution in [2.24, 2.45) is 0 Å². The highest BCUT2D eigenvalue weighted by molar-refractivity contribution is 5.94. The Hall–Kier alpha value is -3.93. The first-order valence-electron chi connectivity index (χ1n) is 11.1. The molecule has 6 nitrogen and oxygen atoms in total. The molecule has 3 aromatic carbocycles. The SMILES string of the molecule is Cc1cccc(C(=O)NCCCc2nc3ccccc3n2CC(=O)N(C)c2ccccc2)c1. The van der Waals surface area contributed by atoms with Gasteiger partial charge >= 0.3 is 0 Å². The van der Waals surface area contributed by atoms with Gasteiger partial charge in [-0.3, -0.25) is 9.59 Å². The molecule has 2 amide bonds. The lowest BCUT2D eigenvalue weighted by atomic mass is 10.1. The molecule has 0 fully saturated rings. The Balaban J connectivity index is 1.44. The number of aryl methyl sites for hydroxylation is 2. The molecule has 0 aliphatic rings. The van der Waals surface area contributed by atoms with Crippen molar-refractivity contribution in [3.8, 4) is 0 Å². The van der Waals surface area contributed by atoms with Gasteiger partial charge in [0.2, 0.25) is 5.91 Å². The van der Waals surface area contributed by atoms with Crippen LogP contribution in [0.5, 0.6) is 0 Å². The Labute approximate surface area is 193 Å². The van der Waals surface area contributed by atoms with Crippen molar-refractivity contribution in [3.63, 3.8) is 0 Å². The molecule has 0 saturated heterocycles. The molecule has 0 spiro atoms. The second-order valence-electron chi connectivity index (χ2n) is 8.12. The maximum atomic E-state index is 13.0. The van der Waals surface area contributed by atoms with Crippen LogP contribution in [0.3, 0.4) is 0 Å². The van der Waals surface area contributed by atoms with E-state index in [1.807, 2.05) is 90.4 Å². The highest BCUT2D eigenvalue weighted by Gasteiger charge is 2.17. The fourth-order valence-corrected chi connectivity index (χ4v) is 3.87. The van der Waals surface area contributed by atoms with Crippen molar-refractivity contribution >= 4 is 28.5 Å². The first-order chi connectivity index (χ1) is 16.0. The monoisotopic (exact) mass is 440 g/mol. The number of amides is 2. The number of fused-ring (bicyclic) bond motifs is 1. The fraction of sp³-hybridized carbons (Fsp3) is 0.222. The van der Waals surface area contributed by atoms with E-state index in [0.717, 1.165) is 34.5 Å². The third kappa shape index (κ3) is 5.29. The quantitative estimate of drug-likeness (QED) is 0.414. The Morgan fingerprint density at radius 3 is 2.52 bits per heavy atom. The van der Waals surface area contributed by atoms with Crippen LogP contribution in [0.4, 0.5) is 5.69 Å². The summed E-state index contributed by atoms with van der Waals surface area (Å²) >= 11 is 0. The molecule has 0 aliphatic heterocycles. The first kappa shape index (κ1) is 22.3. The zero-order valence-corrected chi connectivity index (χ0v) is 19.0. The van der Waals surface area contributed by atoms with Crippen molar-refractivity contribution in [1.29, 1.82) is 0 Å². The highest BCUT2D eigenvalue weighted by Crippen LogP contribution is 2.19. The molecule has 0 unspecified atom stereocenters. The van der Waals surface area contributed by atoms with E-state index in [2.05, 4.69) is 5.32 Å². The number of para-hydroxylation sites is 3. The molecular weight excluding hydrogens is 412 g/mol.